The first kappa shape index (κ1) is 12.9. The molecule has 1 saturated carbocycles. The summed E-state index contributed by atoms with van der Waals surface area (Å²) in [5, 5.41) is 29.2. The minimum Gasteiger partial charge on any atom is -0.396 e. The van der Waals surface area contributed by atoms with Gasteiger partial charge in [-0.15, -0.1) is 0 Å². The number of aliphatic hydroxyl groups is 3. The van der Waals surface area contributed by atoms with Crippen molar-refractivity contribution in [1.29, 1.82) is 0 Å². The lowest BCUT2D eigenvalue weighted by molar-refractivity contribution is -0.0570. The fourth-order valence-corrected chi connectivity index (χ4v) is 2.83. The smallest absolute Gasteiger partial charge is 0.0652 e. The van der Waals surface area contributed by atoms with E-state index < -0.39 is 11.2 Å². The Labute approximate surface area is 92.1 Å². The third kappa shape index (κ3) is 2.71. The molecule has 0 heterocycles. The van der Waals surface area contributed by atoms with Crippen LogP contribution >= 0.6 is 0 Å². The molecule has 3 heteroatoms. The molecule has 0 aliphatic heterocycles. The summed E-state index contributed by atoms with van der Waals surface area (Å²) in [4.78, 5) is 0. The van der Waals surface area contributed by atoms with Gasteiger partial charge in [-0.05, 0) is 51.4 Å². The largest absolute Gasteiger partial charge is 0.396 e. The summed E-state index contributed by atoms with van der Waals surface area (Å²) < 4.78 is 0. The van der Waals surface area contributed by atoms with Gasteiger partial charge in [-0.2, -0.15) is 0 Å². The van der Waals surface area contributed by atoms with Gasteiger partial charge in [0.1, 0.15) is 0 Å². The lowest BCUT2D eigenvalue weighted by atomic mass is 9.77. The summed E-state index contributed by atoms with van der Waals surface area (Å²) in [5.74, 6) is 0.255. The van der Waals surface area contributed by atoms with Crippen molar-refractivity contribution in [2.75, 3.05) is 6.61 Å². The topological polar surface area (TPSA) is 60.7 Å². The minimum absolute atomic E-state index is 0.117. The Morgan fingerprint density at radius 1 is 1.47 bits per heavy atom. The quantitative estimate of drug-likeness (QED) is 0.664. The Morgan fingerprint density at radius 2 is 2.07 bits per heavy atom. The van der Waals surface area contributed by atoms with Crippen LogP contribution in [0.2, 0.25) is 0 Å². The number of aliphatic hydroxyl groups excluding tert-OH is 1. The SMILES string of the molecule is C[C@H]1[C@H]([C@](C)(O)CCCO)CC[C@@]1(C)O. The molecule has 90 valence electrons. The Hall–Kier alpha value is -0.120. The lowest BCUT2D eigenvalue weighted by Gasteiger charge is -2.35. The standard InChI is InChI=1S/C12H24O3/c1-9-10(5-7-11(9,2)14)12(3,15)6-4-8-13/h9-10,13-15H,4-8H2,1-3H3/t9-,10+,11+,12+/m0/s1. The lowest BCUT2D eigenvalue weighted by Crippen LogP contribution is -2.40. The van der Waals surface area contributed by atoms with Crippen molar-refractivity contribution >= 4 is 0 Å². The maximum absolute atomic E-state index is 10.3. The average Bonchev–Trinajstić information content (AvgIpc) is 2.40. The second kappa shape index (κ2) is 4.40. The Morgan fingerprint density at radius 3 is 2.47 bits per heavy atom. The van der Waals surface area contributed by atoms with E-state index >= 15 is 0 Å². The predicted octanol–water partition coefficient (Wildman–Crippen LogP) is 1.31. The fraction of sp³-hybridized carbons (Fsp3) is 1.00. The summed E-state index contributed by atoms with van der Waals surface area (Å²) in [6.07, 6.45) is 2.85. The zero-order chi connectivity index (χ0) is 11.7. The van der Waals surface area contributed by atoms with Crippen LogP contribution in [0.3, 0.4) is 0 Å². The first-order valence-corrected chi connectivity index (χ1v) is 5.87. The van der Waals surface area contributed by atoms with Crippen LogP contribution in [-0.2, 0) is 0 Å². The van der Waals surface area contributed by atoms with Crippen LogP contribution in [0.5, 0.6) is 0 Å². The minimum atomic E-state index is -0.761. The summed E-state index contributed by atoms with van der Waals surface area (Å²) in [6, 6.07) is 0. The molecule has 0 spiro atoms. The highest BCUT2D eigenvalue weighted by Crippen LogP contribution is 2.46. The van der Waals surface area contributed by atoms with E-state index in [0.717, 1.165) is 12.8 Å². The molecule has 1 fully saturated rings. The zero-order valence-corrected chi connectivity index (χ0v) is 10.0. The molecule has 0 radical (unpaired) electrons. The van der Waals surface area contributed by atoms with Crippen molar-refractivity contribution < 1.29 is 15.3 Å². The monoisotopic (exact) mass is 216 g/mol. The van der Waals surface area contributed by atoms with Gasteiger partial charge in [-0.3, -0.25) is 0 Å². The normalized spacial score (nSPS) is 40.4. The molecule has 0 aromatic heterocycles. The predicted molar refractivity (Wildman–Crippen MR) is 59.5 cm³/mol. The Kier molecular flexibility index (Phi) is 3.80. The molecule has 0 aromatic rings. The molecule has 1 aliphatic rings. The third-order valence-corrected chi connectivity index (χ3v) is 4.19. The average molecular weight is 216 g/mol. The molecule has 4 atom stereocenters. The highest BCUT2D eigenvalue weighted by atomic mass is 16.3. The van der Waals surface area contributed by atoms with E-state index in [1.807, 2.05) is 20.8 Å². The van der Waals surface area contributed by atoms with E-state index in [0.29, 0.717) is 12.8 Å². The van der Waals surface area contributed by atoms with E-state index in [1.165, 1.54) is 0 Å². The van der Waals surface area contributed by atoms with Gasteiger partial charge in [0.05, 0.1) is 11.2 Å². The van der Waals surface area contributed by atoms with Crippen molar-refractivity contribution in [3.05, 3.63) is 0 Å². The van der Waals surface area contributed by atoms with Gasteiger partial charge >= 0.3 is 0 Å². The highest BCUT2D eigenvalue weighted by molar-refractivity contribution is 4.98. The third-order valence-electron chi connectivity index (χ3n) is 4.19. The maximum Gasteiger partial charge on any atom is 0.0652 e. The summed E-state index contributed by atoms with van der Waals surface area (Å²) >= 11 is 0. The summed E-state index contributed by atoms with van der Waals surface area (Å²) in [5.41, 5.74) is -1.41. The van der Waals surface area contributed by atoms with E-state index in [2.05, 4.69) is 0 Å². The highest BCUT2D eigenvalue weighted by Gasteiger charge is 2.47. The maximum atomic E-state index is 10.3. The Balaban J connectivity index is 2.64. The van der Waals surface area contributed by atoms with Crippen molar-refractivity contribution in [3.8, 4) is 0 Å². The number of hydrogen-bond donors (Lipinski definition) is 3. The van der Waals surface area contributed by atoms with E-state index in [-0.39, 0.29) is 18.4 Å². The molecular weight excluding hydrogens is 192 g/mol. The van der Waals surface area contributed by atoms with E-state index in [1.54, 1.807) is 0 Å². The molecule has 0 amide bonds. The number of hydrogen-bond acceptors (Lipinski definition) is 3. The summed E-state index contributed by atoms with van der Waals surface area (Å²) in [7, 11) is 0. The fourth-order valence-electron chi connectivity index (χ4n) is 2.83. The second-order valence-corrected chi connectivity index (χ2v) is 5.48. The zero-order valence-electron chi connectivity index (χ0n) is 10.0. The van der Waals surface area contributed by atoms with E-state index in [9.17, 15) is 10.2 Å². The molecular formula is C12H24O3. The van der Waals surface area contributed by atoms with Crippen molar-refractivity contribution in [2.45, 2.75) is 57.7 Å². The summed E-state index contributed by atoms with van der Waals surface area (Å²) in [6.45, 7) is 5.80. The van der Waals surface area contributed by atoms with Gasteiger partial charge < -0.3 is 15.3 Å². The van der Waals surface area contributed by atoms with Crippen LogP contribution in [0, 0.1) is 11.8 Å². The second-order valence-electron chi connectivity index (χ2n) is 5.48. The van der Waals surface area contributed by atoms with Crippen molar-refractivity contribution in [3.63, 3.8) is 0 Å². The Bertz CT molecular complexity index is 211. The number of rotatable bonds is 4. The molecule has 15 heavy (non-hydrogen) atoms. The van der Waals surface area contributed by atoms with Crippen LogP contribution in [0.25, 0.3) is 0 Å². The molecule has 0 saturated heterocycles. The molecule has 1 rings (SSSR count). The van der Waals surface area contributed by atoms with Crippen LogP contribution in [0.1, 0.15) is 46.5 Å². The van der Waals surface area contributed by atoms with Crippen LogP contribution in [0.4, 0.5) is 0 Å². The van der Waals surface area contributed by atoms with Gasteiger partial charge in [0.15, 0.2) is 0 Å². The molecule has 3 nitrogen and oxygen atoms in total. The first-order chi connectivity index (χ1) is 6.81. The van der Waals surface area contributed by atoms with Gasteiger partial charge in [-0.1, -0.05) is 6.92 Å². The van der Waals surface area contributed by atoms with Crippen LogP contribution < -0.4 is 0 Å². The van der Waals surface area contributed by atoms with Crippen molar-refractivity contribution in [2.24, 2.45) is 11.8 Å². The van der Waals surface area contributed by atoms with Gasteiger partial charge in [0.2, 0.25) is 0 Å². The molecule has 3 N–H and O–H groups in total. The van der Waals surface area contributed by atoms with Crippen LogP contribution in [-0.4, -0.2) is 33.1 Å². The molecule has 0 unspecified atom stereocenters. The van der Waals surface area contributed by atoms with Crippen LogP contribution in [0.15, 0.2) is 0 Å². The molecule has 0 bridgehead atoms. The van der Waals surface area contributed by atoms with Gasteiger partial charge in [0.25, 0.3) is 0 Å². The van der Waals surface area contributed by atoms with Crippen molar-refractivity contribution in [1.82, 2.24) is 0 Å². The molecule has 0 aromatic carbocycles. The first-order valence-electron chi connectivity index (χ1n) is 5.87. The van der Waals surface area contributed by atoms with Gasteiger partial charge in [0, 0.05) is 6.61 Å². The molecule has 1 aliphatic carbocycles. The van der Waals surface area contributed by atoms with Gasteiger partial charge in [-0.25, -0.2) is 0 Å². The van der Waals surface area contributed by atoms with E-state index in [4.69, 9.17) is 5.11 Å².